The number of nitrogens with one attached hydrogen (secondary N) is 1. The van der Waals surface area contributed by atoms with E-state index in [9.17, 15) is 4.79 Å². The lowest BCUT2D eigenvalue weighted by molar-refractivity contribution is 0.130. The minimum atomic E-state index is -0.514. The van der Waals surface area contributed by atoms with Gasteiger partial charge in [0, 0.05) is 5.69 Å². The molecule has 6 nitrogen and oxygen atoms in total. The number of amides is 1. The van der Waals surface area contributed by atoms with Gasteiger partial charge in [0.1, 0.15) is 11.8 Å². The number of hydrogen-bond acceptors (Lipinski definition) is 4. The van der Waals surface area contributed by atoms with Gasteiger partial charge in [0.25, 0.3) is 0 Å². The van der Waals surface area contributed by atoms with E-state index in [4.69, 9.17) is 4.74 Å². The zero-order chi connectivity index (χ0) is 12.4. The van der Waals surface area contributed by atoms with Crippen molar-refractivity contribution in [1.29, 1.82) is 0 Å². The molecule has 0 aliphatic carbocycles. The SMILES string of the molecule is Cc1ccc2c(NC(=O)OC(C)C)ncnn12. The highest BCUT2D eigenvalue weighted by Gasteiger charge is 2.10. The topological polar surface area (TPSA) is 68.5 Å². The summed E-state index contributed by atoms with van der Waals surface area (Å²) in [5.41, 5.74) is 1.72. The Bertz CT molecular complexity index is 547. The van der Waals surface area contributed by atoms with Crippen molar-refractivity contribution in [3.8, 4) is 0 Å². The predicted molar refractivity (Wildman–Crippen MR) is 63.0 cm³/mol. The molecular formula is C11H14N4O2. The summed E-state index contributed by atoms with van der Waals surface area (Å²) in [7, 11) is 0. The number of carbonyl (C=O) groups excluding carboxylic acids is 1. The molecule has 0 atom stereocenters. The molecule has 2 heterocycles. The second kappa shape index (κ2) is 4.40. The molecule has 90 valence electrons. The predicted octanol–water partition coefficient (Wildman–Crippen LogP) is 1.99. The van der Waals surface area contributed by atoms with Gasteiger partial charge < -0.3 is 4.74 Å². The Morgan fingerprint density at radius 3 is 2.94 bits per heavy atom. The van der Waals surface area contributed by atoms with Crippen molar-refractivity contribution in [3.05, 3.63) is 24.2 Å². The van der Waals surface area contributed by atoms with E-state index in [0.29, 0.717) is 5.82 Å². The minimum absolute atomic E-state index is 0.165. The summed E-state index contributed by atoms with van der Waals surface area (Å²) in [6.45, 7) is 5.50. The minimum Gasteiger partial charge on any atom is -0.447 e. The number of fused-ring (bicyclic) bond motifs is 1. The van der Waals surface area contributed by atoms with Crippen LogP contribution in [0.4, 0.5) is 10.6 Å². The first-order valence-electron chi connectivity index (χ1n) is 5.35. The Hall–Kier alpha value is -2.11. The summed E-state index contributed by atoms with van der Waals surface area (Å²) in [4.78, 5) is 15.5. The number of carbonyl (C=O) groups is 1. The summed E-state index contributed by atoms with van der Waals surface area (Å²) in [5.74, 6) is 0.443. The summed E-state index contributed by atoms with van der Waals surface area (Å²) < 4.78 is 6.70. The molecule has 1 N–H and O–H groups in total. The van der Waals surface area contributed by atoms with Crippen LogP contribution < -0.4 is 5.32 Å². The Morgan fingerprint density at radius 1 is 1.47 bits per heavy atom. The van der Waals surface area contributed by atoms with Crippen LogP contribution in [0.25, 0.3) is 5.52 Å². The van der Waals surface area contributed by atoms with E-state index in [0.717, 1.165) is 11.2 Å². The van der Waals surface area contributed by atoms with Crippen molar-refractivity contribution >= 4 is 17.4 Å². The van der Waals surface area contributed by atoms with Crippen LogP contribution in [-0.2, 0) is 4.74 Å². The molecule has 0 bridgehead atoms. The standard InChI is InChI=1S/C11H14N4O2/c1-7(2)17-11(16)14-10-9-5-4-8(3)15(9)13-6-12-10/h4-7H,1-3H3,(H,12,13,14,16). The van der Waals surface area contributed by atoms with Gasteiger partial charge in [-0.2, -0.15) is 5.10 Å². The summed E-state index contributed by atoms with van der Waals surface area (Å²) >= 11 is 0. The average Bonchev–Trinajstić information content (AvgIpc) is 2.61. The van der Waals surface area contributed by atoms with E-state index in [2.05, 4.69) is 15.4 Å². The molecule has 0 spiro atoms. The number of rotatable bonds is 2. The summed E-state index contributed by atoms with van der Waals surface area (Å²) in [6.07, 6.45) is 0.714. The fourth-order valence-electron chi connectivity index (χ4n) is 1.50. The Morgan fingerprint density at radius 2 is 2.24 bits per heavy atom. The zero-order valence-corrected chi connectivity index (χ0v) is 9.97. The third-order valence-corrected chi connectivity index (χ3v) is 2.20. The molecule has 2 aromatic rings. The van der Waals surface area contributed by atoms with E-state index in [-0.39, 0.29) is 6.10 Å². The molecule has 0 saturated carbocycles. The molecular weight excluding hydrogens is 220 g/mol. The number of nitrogens with zero attached hydrogens (tertiary/aromatic N) is 3. The lowest BCUT2D eigenvalue weighted by Crippen LogP contribution is -2.19. The van der Waals surface area contributed by atoms with Gasteiger partial charge in [0.05, 0.1) is 6.10 Å². The molecule has 17 heavy (non-hydrogen) atoms. The smallest absolute Gasteiger partial charge is 0.413 e. The maximum Gasteiger partial charge on any atom is 0.413 e. The van der Waals surface area contributed by atoms with Crippen LogP contribution in [0.1, 0.15) is 19.5 Å². The van der Waals surface area contributed by atoms with Crippen LogP contribution in [0.5, 0.6) is 0 Å². The van der Waals surface area contributed by atoms with E-state index in [1.165, 1.54) is 6.33 Å². The summed E-state index contributed by atoms with van der Waals surface area (Å²) in [5, 5.41) is 6.68. The van der Waals surface area contributed by atoms with Gasteiger partial charge in [-0.3, -0.25) is 5.32 Å². The van der Waals surface area contributed by atoms with Crippen molar-refractivity contribution in [3.63, 3.8) is 0 Å². The molecule has 6 heteroatoms. The van der Waals surface area contributed by atoms with Crippen molar-refractivity contribution in [2.45, 2.75) is 26.9 Å². The number of aryl methyl sites for hydroxylation is 1. The fourth-order valence-corrected chi connectivity index (χ4v) is 1.50. The van der Waals surface area contributed by atoms with Gasteiger partial charge in [-0.1, -0.05) is 0 Å². The maximum absolute atomic E-state index is 11.5. The van der Waals surface area contributed by atoms with Gasteiger partial charge in [0.15, 0.2) is 5.82 Å². The number of ether oxygens (including phenoxy) is 1. The van der Waals surface area contributed by atoms with E-state index < -0.39 is 6.09 Å². The van der Waals surface area contributed by atoms with Crippen molar-refractivity contribution in [1.82, 2.24) is 14.6 Å². The molecule has 0 aliphatic heterocycles. The van der Waals surface area contributed by atoms with Gasteiger partial charge in [-0.25, -0.2) is 14.3 Å². The lowest BCUT2D eigenvalue weighted by Gasteiger charge is -2.09. The quantitative estimate of drug-likeness (QED) is 0.862. The first-order valence-corrected chi connectivity index (χ1v) is 5.35. The molecule has 1 amide bonds. The van der Waals surface area contributed by atoms with Crippen molar-refractivity contribution in [2.75, 3.05) is 5.32 Å². The van der Waals surface area contributed by atoms with Crippen LogP contribution in [-0.4, -0.2) is 26.8 Å². The molecule has 2 rings (SSSR count). The molecule has 0 fully saturated rings. The van der Waals surface area contributed by atoms with E-state index in [1.54, 1.807) is 18.4 Å². The van der Waals surface area contributed by atoms with Crippen molar-refractivity contribution in [2.24, 2.45) is 0 Å². The van der Waals surface area contributed by atoms with Crippen LogP contribution >= 0.6 is 0 Å². The molecule has 2 aromatic heterocycles. The zero-order valence-electron chi connectivity index (χ0n) is 9.97. The van der Waals surface area contributed by atoms with Crippen LogP contribution in [0, 0.1) is 6.92 Å². The Kier molecular flexibility index (Phi) is 2.95. The third-order valence-electron chi connectivity index (χ3n) is 2.20. The first-order chi connectivity index (χ1) is 8.08. The van der Waals surface area contributed by atoms with Gasteiger partial charge in [0.2, 0.25) is 0 Å². The molecule has 0 saturated heterocycles. The second-order valence-corrected chi connectivity index (χ2v) is 3.96. The second-order valence-electron chi connectivity index (χ2n) is 3.96. The Labute approximate surface area is 98.6 Å². The lowest BCUT2D eigenvalue weighted by atomic mass is 10.4. The maximum atomic E-state index is 11.5. The number of hydrogen-bond donors (Lipinski definition) is 1. The third kappa shape index (κ3) is 2.35. The van der Waals surface area contributed by atoms with E-state index >= 15 is 0 Å². The van der Waals surface area contributed by atoms with Crippen molar-refractivity contribution < 1.29 is 9.53 Å². The Balaban J connectivity index is 2.27. The van der Waals surface area contributed by atoms with Gasteiger partial charge in [-0.15, -0.1) is 0 Å². The normalized spacial score (nSPS) is 10.8. The highest BCUT2D eigenvalue weighted by molar-refractivity contribution is 5.88. The van der Waals surface area contributed by atoms with Gasteiger partial charge >= 0.3 is 6.09 Å². The van der Waals surface area contributed by atoms with E-state index in [1.807, 2.05) is 19.1 Å². The van der Waals surface area contributed by atoms with Crippen LogP contribution in [0.2, 0.25) is 0 Å². The monoisotopic (exact) mass is 234 g/mol. The molecule has 0 aliphatic rings. The number of anilines is 1. The van der Waals surface area contributed by atoms with Gasteiger partial charge in [-0.05, 0) is 32.9 Å². The van der Waals surface area contributed by atoms with Crippen LogP contribution in [0.3, 0.4) is 0 Å². The first kappa shape index (κ1) is 11.4. The number of aromatic nitrogens is 3. The average molecular weight is 234 g/mol. The molecule has 0 unspecified atom stereocenters. The highest BCUT2D eigenvalue weighted by Crippen LogP contribution is 2.15. The van der Waals surface area contributed by atoms with Crippen LogP contribution in [0.15, 0.2) is 18.5 Å². The fraction of sp³-hybridized carbons (Fsp3) is 0.364. The largest absolute Gasteiger partial charge is 0.447 e. The summed E-state index contributed by atoms with van der Waals surface area (Å²) in [6, 6.07) is 3.75. The highest BCUT2D eigenvalue weighted by atomic mass is 16.6. The molecule has 0 radical (unpaired) electrons. The molecule has 0 aromatic carbocycles.